The monoisotopic (exact) mass is 403 g/mol. The van der Waals surface area contributed by atoms with E-state index in [2.05, 4.69) is 41.2 Å². The van der Waals surface area contributed by atoms with Gasteiger partial charge in [0.25, 0.3) is 5.19 Å². The number of benzene rings is 2. The molecule has 148 valence electrons. The molecule has 0 bridgehead atoms. The number of hydrogen-bond acceptors (Lipinski definition) is 5. The average Bonchev–Trinajstić information content (AvgIpc) is 3.11. The molecule has 0 aliphatic heterocycles. The lowest BCUT2D eigenvalue weighted by molar-refractivity contribution is 0.357. The minimum atomic E-state index is -0.697. The van der Waals surface area contributed by atoms with Gasteiger partial charge in [0.05, 0.1) is 5.56 Å². The molecule has 2 aromatic carbocycles. The molecular weight excluding hydrogens is 380 g/mol. The van der Waals surface area contributed by atoms with Crippen LogP contribution < -0.4 is 4.74 Å². The minimum absolute atomic E-state index is 0.149. The maximum Gasteiger partial charge on any atom is 0.299 e. The van der Waals surface area contributed by atoms with Crippen LogP contribution in [0.1, 0.15) is 23.6 Å². The van der Waals surface area contributed by atoms with Crippen LogP contribution >= 0.6 is 11.5 Å². The SMILES string of the molecule is CCN(C)CCc1cc(C)c(Oc2nc(-c3ccc(F)cc3F)ns2)cc1C. The Morgan fingerprint density at radius 2 is 1.89 bits per heavy atom. The van der Waals surface area contributed by atoms with Gasteiger partial charge in [-0.05, 0) is 68.8 Å². The van der Waals surface area contributed by atoms with E-state index < -0.39 is 11.6 Å². The van der Waals surface area contributed by atoms with Crippen LogP contribution in [0.4, 0.5) is 8.78 Å². The van der Waals surface area contributed by atoms with Crippen molar-refractivity contribution in [3.8, 4) is 22.3 Å². The second kappa shape index (κ2) is 8.75. The molecule has 3 aromatic rings. The highest BCUT2D eigenvalue weighted by atomic mass is 32.1. The molecule has 0 amide bonds. The summed E-state index contributed by atoms with van der Waals surface area (Å²) in [7, 11) is 2.11. The molecule has 0 spiro atoms. The van der Waals surface area contributed by atoms with Gasteiger partial charge in [-0.15, -0.1) is 0 Å². The van der Waals surface area contributed by atoms with Crippen molar-refractivity contribution in [3.05, 3.63) is 58.7 Å². The van der Waals surface area contributed by atoms with Crippen molar-refractivity contribution >= 4 is 11.5 Å². The molecule has 1 heterocycles. The van der Waals surface area contributed by atoms with Gasteiger partial charge in [-0.3, -0.25) is 0 Å². The molecule has 28 heavy (non-hydrogen) atoms. The predicted molar refractivity (Wildman–Crippen MR) is 108 cm³/mol. The van der Waals surface area contributed by atoms with Crippen LogP contribution in [0.15, 0.2) is 30.3 Å². The summed E-state index contributed by atoms with van der Waals surface area (Å²) in [6.07, 6.45) is 0.976. The van der Waals surface area contributed by atoms with Gasteiger partial charge in [-0.1, -0.05) is 13.0 Å². The molecule has 0 radical (unpaired) electrons. The van der Waals surface area contributed by atoms with Crippen LogP contribution in [-0.4, -0.2) is 34.4 Å². The summed E-state index contributed by atoms with van der Waals surface area (Å²) < 4.78 is 37.0. The van der Waals surface area contributed by atoms with E-state index in [9.17, 15) is 8.78 Å². The second-order valence-corrected chi connectivity index (χ2v) is 7.51. The summed E-state index contributed by atoms with van der Waals surface area (Å²) in [6.45, 7) is 8.22. The zero-order valence-electron chi connectivity index (χ0n) is 16.4. The zero-order valence-corrected chi connectivity index (χ0v) is 17.2. The van der Waals surface area contributed by atoms with Crippen LogP contribution in [0.5, 0.6) is 10.9 Å². The van der Waals surface area contributed by atoms with Crippen molar-refractivity contribution in [2.24, 2.45) is 0 Å². The van der Waals surface area contributed by atoms with Crippen LogP contribution in [0, 0.1) is 25.5 Å². The highest BCUT2D eigenvalue weighted by Gasteiger charge is 2.15. The first kappa shape index (κ1) is 20.4. The smallest absolute Gasteiger partial charge is 0.299 e. The van der Waals surface area contributed by atoms with Gasteiger partial charge in [0, 0.05) is 24.1 Å². The molecule has 4 nitrogen and oxygen atoms in total. The van der Waals surface area contributed by atoms with E-state index in [1.807, 2.05) is 13.0 Å². The Hall–Kier alpha value is -2.38. The van der Waals surface area contributed by atoms with Gasteiger partial charge in [0.2, 0.25) is 0 Å². The topological polar surface area (TPSA) is 38.2 Å². The summed E-state index contributed by atoms with van der Waals surface area (Å²) in [5, 5.41) is 0.319. The first-order chi connectivity index (χ1) is 13.4. The number of rotatable bonds is 7. The number of aryl methyl sites for hydroxylation is 2. The largest absolute Gasteiger partial charge is 0.430 e. The Kier molecular flexibility index (Phi) is 6.36. The zero-order chi connectivity index (χ0) is 20.3. The van der Waals surface area contributed by atoms with Crippen LogP contribution in [0.3, 0.4) is 0 Å². The lowest BCUT2D eigenvalue weighted by Gasteiger charge is -2.16. The molecule has 0 aliphatic rings. The number of hydrogen-bond donors (Lipinski definition) is 0. The van der Waals surface area contributed by atoms with Gasteiger partial charge in [0.15, 0.2) is 5.82 Å². The molecule has 7 heteroatoms. The summed E-state index contributed by atoms with van der Waals surface area (Å²) in [5.74, 6) is -0.444. The highest BCUT2D eigenvalue weighted by molar-refractivity contribution is 7.07. The first-order valence-electron chi connectivity index (χ1n) is 9.13. The molecule has 0 N–H and O–H groups in total. The quantitative estimate of drug-likeness (QED) is 0.530. The predicted octanol–water partition coefficient (Wildman–Crippen LogP) is 5.39. The van der Waals surface area contributed by atoms with Gasteiger partial charge in [0.1, 0.15) is 17.4 Å². The van der Waals surface area contributed by atoms with E-state index in [0.29, 0.717) is 10.9 Å². The third-order valence-corrected chi connectivity index (χ3v) is 5.31. The van der Waals surface area contributed by atoms with Crippen molar-refractivity contribution in [3.63, 3.8) is 0 Å². The van der Waals surface area contributed by atoms with Gasteiger partial charge < -0.3 is 9.64 Å². The minimum Gasteiger partial charge on any atom is -0.430 e. The number of aromatic nitrogens is 2. The van der Waals surface area contributed by atoms with Crippen molar-refractivity contribution in [2.75, 3.05) is 20.1 Å². The maximum absolute atomic E-state index is 13.9. The van der Waals surface area contributed by atoms with Crippen molar-refractivity contribution in [2.45, 2.75) is 27.2 Å². The number of ether oxygens (including phenoxy) is 1. The maximum atomic E-state index is 13.9. The van der Waals surface area contributed by atoms with E-state index in [-0.39, 0.29) is 11.4 Å². The molecule has 0 saturated heterocycles. The molecule has 3 rings (SSSR count). The van der Waals surface area contributed by atoms with Crippen molar-refractivity contribution in [1.82, 2.24) is 14.3 Å². The Morgan fingerprint density at radius 3 is 2.61 bits per heavy atom. The molecule has 0 aliphatic carbocycles. The lowest BCUT2D eigenvalue weighted by atomic mass is 10.0. The number of likely N-dealkylation sites (N-methyl/N-ethyl adjacent to an activating group) is 1. The van der Waals surface area contributed by atoms with E-state index >= 15 is 0 Å². The van der Waals surface area contributed by atoms with Gasteiger partial charge >= 0.3 is 0 Å². The van der Waals surface area contributed by atoms with E-state index in [4.69, 9.17) is 4.74 Å². The molecule has 0 atom stereocenters. The van der Waals surface area contributed by atoms with Crippen LogP contribution in [-0.2, 0) is 6.42 Å². The Bertz CT molecular complexity index is 974. The lowest BCUT2D eigenvalue weighted by Crippen LogP contribution is -2.20. The fourth-order valence-corrected chi connectivity index (χ4v) is 3.38. The van der Waals surface area contributed by atoms with Crippen molar-refractivity contribution < 1.29 is 13.5 Å². The number of halogens is 2. The average molecular weight is 403 g/mol. The Labute approximate surface area is 168 Å². The Balaban J connectivity index is 1.77. The summed E-state index contributed by atoms with van der Waals surface area (Å²) in [4.78, 5) is 6.52. The molecule has 1 aromatic heterocycles. The van der Waals surface area contributed by atoms with E-state index in [0.717, 1.165) is 48.2 Å². The third kappa shape index (κ3) is 4.72. The fourth-order valence-electron chi connectivity index (χ4n) is 2.82. The molecule has 0 saturated carbocycles. The number of nitrogens with zero attached hydrogens (tertiary/aromatic N) is 3. The summed E-state index contributed by atoms with van der Waals surface area (Å²) >= 11 is 1.04. The Morgan fingerprint density at radius 1 is 1.11 bits per heavy atom. The van der Waals surface area contributed by atoms with Crippen LogP contribution in [0.2, 0.25) is 0 Å². The van der Waals surface area contributed by atoms with E-state index in [1.165, 1.54) is 17.7 Å². The molecule has 0 unspecified atom stereocenters. The highest BCUT2D eigenvalue weighted by Crippen LogP contribution is 2.31. The first-order valence-corrected chi connectivity index (χ1v) is 9.90. The molecular formula is C21H23F2N3OS. The third-order valence-electron chi connectivity index (χ3n) is 4.71. The van der Waals surface area contributed by atoms with Gasteiger partial charge in [-0.25, -0.2) is 8.78 Å². The fraction of sp³-hybridized carbons (Fsp3) is 0.333. The standard InChI is InChI=1S/C21H23F2N3OS/c1-5-26(4)9-8-15-10-14(3)19(11-13(15)2)27-21-24-20(25-28-21)17-7-6-16(22)12-18(17)23/h6-7,10-12H,5,8-9H2,1-4H3. The summed E-state index contributed by atoms with van der Waals surface area (Å²) in [5.41, 5.74) is 3.59. The van der Waals surface area contributed by atoms with Gasteiger partial charge in [-0.2, -0.15) is 9.36 Å². The second-order valence-electron chi connectivity index (χ2n) is 6.80. The normalized spacial score (nSPS) is 11.2. The molecule has 0 fully saturated rings. The summed E-state index contributed by atoms with van der Waals surface area (Å²) in [6, 6.07) is 7.46. The van der Waals surface area contributed by atoms with E-state index in [1.54, 1.807) is 0 Å². The van der Waals surface area contributed by atoms with Crippen molar-refractivity contribution in [1.29, 1.82) is 0 Å². The van der Waals surface area contributed by atoms with Crippen LogP contribution in [0.25, 0.3) is 11.4 Å².